The molecule has 0 aliphatic carbocycles. The van der Waals surface area contributed by atoms with Crippen molar-refractivity contribution in [1.82, 2.24) is 24.9 Å². The molecule has 2 N–H and O–H groups in total. The minimum atomic E-state index is 0.275. The van der Waals surface area contributed by atoms with E-state index in [4.69, 9.17) is 0 Å². The zero-order chi connectivity index (χ0) is 15.1. The Kier molecular flexibility index (Phi) is 2.92. The summed E-state index contributed by atoms with van der Waals surface area (Å²) < 4.78 is 0. The lowest BCUT2D eigenvalue weighted by atomic mass is 10.0. The number of aryl methyl sites for hydroxylation is 1. The van der Waals surface area contributed by atoms with Crippen LogP contribution in [0.5, 0.6) is 0 Å². The summed E-state index contributed by atoms with van der Waals surface area (Å²) in [6.07, 6.45) is 0.835. The van der Waals surface area contributed by atoms with Crippen molar-refractivity contribution in [2.24, 2.45) is 0 Å². The van der Waals surface area contributed by atoms with Crippen LogP contribution in [0, 0.1) is 6.92 Å². The average molecular weight is 291 g/mol. The monoisotopic (exact) mass is 291 g/mol. The van der Waals surface area contributed by atoms with Gasteiger partial charge in [0, 0.05) is 11.6 Å². The summed E-state index contributed by atoms with van der Waals surface area (Å²) in [5.74, 6) is 2.17. The predicted molar refractivity (Wildman–Crippen MR) is 86.8 cm³/mol. The summed E-state index contributed by atoms with van der Waals surface area (Å²) in [6.45, 7) is 4.11. The molecule has 0 aliphatic heterocycles. The molecular formula is C17H17N5. The summed E-state index contributed by atoms with van der Waals surface area (Å²) in [7, 11) is 0. The Morgan fingerprint density at radius 3 is 2.68 bits per heavy atom. The van der Waals surface area contributed by atoms with Crippen molar-refractivity contribution >= 4 is 22.2 Å². The Bertz CT molecular complexity index is 917. The van der Waals surface area contributed by atoms with Crippen LogP contribution >= 0.6 is 0 Å². The zero-order valence-corrected chi connectivity index (χ0v) is 12.6. The van der Waals surface area contributed by atoms with Gasteiger partial charge in [-0.25, -0.2) is 15.0 Å². The van der Waals surface area contributed by atoms with Crippen molar-refractivity contribution < 1.29 is 0 Å². The predicted octanol–water partition coefficient (Wildman–Crippen LogP) is 3.49. The summed E-state index contributed by atoms with van der Waals surface area (Å²) in [6, 6.07) is 12.2. The van der Waals surface area contributed by atoms with Gasteiger partial charge < -0.3 is 9.97 Å². The van der Waals surface area contributed by atoms with Gasteiger partial charge in [-0.05, 0) is 37.6 Å². The Hall–Kier alpha value is -2.69. The fourth-order valence-corrected chi connectivity index (χ4v) is 2.78. The molecule has 1 unspecified atom stereocenters. The van der Waals surface area contributed by atoms with E-state index in [1.807, 2.05) is 31.2 Å². The molecule has 0 saturated carbocycles. The van der Waals surface area contributed by atoms with Gasteiger partial charge in [-0.3, -0.25) is 0 Å². The van der Waals surface area contributed by atoms with Gasteiger partial charge in [0.15, 0.2) is 5.65 Å². The molecule has 0 radical (unpaired) electrons. The molecule has 0 aliphatic rings. The third-order valence-corrected chi connectivity index (χ3v) is 3.91. The fourth-order valence-electron chi connectivity index (χ4n) is 2.78. The zero-order valence-electron chi connectivity index (χ0n) is 12.6. The molecule has 4 rings (SSSR count). The van der Waals surface area contributed by atoms with Crippen molar-refractivity contribution in [2.45, 2.75) is 26.2 Å². The maximum Gasteiger partial charge on any atom is 0.177 e. The minimum absolute atomic E-state index is 0.275. The molecule has 1 aromatic carbocycles. The number of rotatable bonds is 3. The van der Waals surface area contributed by atoms with E-state index in [-0.39, 0.29) is 5.92 Å². The third kappa shape index (κ3) is 2.24. The number of H-pyrrole nitrogens is 2. The Labute approximate surface area is 127 Å². The first-order valence-corrected chi connectivity index (χ1v) is 7.46. The Morgan fingerprint density at radius 1 is 0.955 bits per heavy atom. The van der Waals surface area contributed by atoms with Gasteiger partial charge in [-0.2, -0.15) is 0 Å². The molecule has 0 saturated heterocycles. The first-order chi connectivity index (χ1) is 10.7. The van der Waals surface area contributed by atoms with Crippen LogP contribution in [-0.2, 0) is 6.42 Å². The normalized spacial score (nSPS) is 13.0. The van der Waals surface area contributed by atoms with E-state index in [1.54, 1.807) is 0 Å². The molecule has 0 spiro atoms. The van der Waals surface area contributed by atoms with Gasteiger partial charge in [0.1, 0.15) is 11.6 Å². The number of hydrogen-bond donors (Lipinski definition) is 2. The molecule has 22 heavy (non-hydrogen) atoms. The lowest BCUT2D eigenvalue weighted by molar-refractivity contribution is 0.701. The van der Waals surface area contributed by atoms with E-state index < -0.39 is 0 Å². The standard InChI is InChI=1S/C17H17N5/c1-10(16-21-13-5-3-4-6-14(13)22-16)9-12-7-8-15-17(20-12)19-11(2)18-15/h3-8,10H,9H2,1-2H3,(H,21,22)(H,18,19,20). The smallest absolute Gasteiger partial charge is 0.177 e. The number of hydrogen-bond acceptors (Lipinski definition) is 3. The van der Waals surface area contributed by atoms with Crippen LogP contribution in [-0.4, -0.2) is 24.9 Å². The number of pyridine rings is 1. The second kappa shape index (κ2) is 4.94. The summed E-state index contributed by atoms with van der Waals surface area (Å²) >= 11 is 0. The largest absolute Gasteiger partial charge is 0.342 e. The van der Waals surface area contributed by atoms with Gasteiger partial charge >= 0.3 is 0 Å². The topological polar surface area (TPSA) is 70.2 Å². The van der Waals surface area contributed by atoms with Crippen LogP contribution in [0.15, 0.2) is 36.4 Å². The van der Waals surface area contributed by atoms with Gasteiger partial charge in [0.05, 0.1) is 16.6 Å². The first kappa shape index (κ1) is 13.0. The fraction of sp³-hybridized carbons (Fsp3) is 0.235. The van der Waals surface area contributed by atoms with Crippen molar-refractivity contribution in [3.8, 4) is 0 Å². The Balaban J connectivity index is 1.62. The SMILES string of the molecule is Cc1nc2nc(CC(C)c3nc4ccccc4[nH]3)ccc2[nH]1. The van der Waals surface area contributed by atoms with Crippen molar-refractivity contribution in [2.75, 3.05) is 0 Å². The van der Waals surface area contributed by atoms with Crippen molar-refractivity contribution in [3.05, 3.63) is 53.7 Å². The quantitative estimate of drug-likeness (QED) is 0.607. The highest BCUT2D eigenvalue weighted by atomic mass is 15.0. The van der Waals surface area contributed by atoms with Gasteiger partial charge in [-0.1, -0.05) is 19.1 Å². The van der Waals surface area contributed by atoms with Crippen LogP contribution < -0.4 is 0 Å². The van der Waals surface area contributed by atoms with E-state index in [0.29, 0.717) is 0 Å². The molecule has 0 fully saturated rings. The second-order valence-electron chi connectivity index (χ2n) is 5.74. The highest BCUT2D eigenvalue weighted by Crippen LogP contribution is 2.21. The summed E-state index contributed by atoms with van der Waals surface area (Å²) in [5.41, 5.74) is 4.89. The highest BCUT2D eigenvalue weighted by Gasteiger charge is 2.13. The molecule has 3 aromatic heterocycles. The number of nitrogens with zero attached hydrogens (tertiary/aromatic N) is 3. The van der Waals surface area contributed by atoms with E-state index in [0.717, 1.165) is 46.0 Å². The molecule has 5 heteroatoms. The van der Waals surface area contributed by atoms with E-state index in [2.05, 4.69) is 44.0 Å². The lowest BCUT2D eigenvalue weighted by Crippen LogP contribution is -2.02. The summed E-state index contributed by atoms with van der Waals surface area (Å²) in [5, 5.41) is 0. The van der Waals surface area contributed by atoms with Crippen molar-refractivity contribution in [3.63, 3.8) is 0 Å². The van der Waals surface area contributed by atoms with Crippen LogP contribution in [0.3, 0.4) is 0 Å². The Morgan fingerprint density at radius 2 is 1.82 bits per heavy atom. The molecule has 1 atom stereocenters. The number of aromatic amines is 2. The van der Waals surface area contributed by atoms with Crippen molar-refractivity contribution in [1.29, 1.82) is 0 Å². The van der Waals surface area contributed by atoms with Crippen LogP contribution in [0.1, 0.15) is 30.2 Å². The second-order valence-corrected chi connectivity index (χ2v) is 5.74. The molecule has 110 valence electrons. The van der Waals surface area contributed by atoms with Crippen LogP contribution in [0.4, 0.5) is 0 Å². The average Bonchev–Trinajstić information content (AvgIpc) is 3.08. The first-order valence-electron chi connectivity index (χ1n) is 7.46. The molecule has 0 amide bonds. The number of para-hydroxylation sites is 2. The minimum Gasteiger partial charge on any atom is -0.342 e. The van der Waals surface area contributed by atoms with Crippen LogP contribution in [0.2, 0.25) is 0 Å². The van der Waals surface area contributed by atoms with Gasteiger partial charge in [0.25, 0.3) is 0 Å². The lowest BCUT2D eigenvalue weighted by Gasteiger charge is -2.07. The molecule has 5 nitrogen and oxygen atoms in total. The molecule has 3 heterocycles. The highest BCUT2D eigenvalue weighted by molar-refractivity contribution is 5.75. The summed E-state index contributed by atoms with van der Waals surface area (Å²) in [4.78, 5) is 20.3. The van der Waals surface area contributed by atoms with Crippen LogP contribution in [0.25, 0.3) is 22.2 Å². The number of imidazole rings is 2. The van der Waals surface area contributed by atoms with Gasteiger partial charge in [-0.15, -0.1) is 0 Å². The number of benzene rings is 1. The van der Waals surface area contributed by atoms with E-state index in [9.17, 15) is 0 Å². The molecule has 4 aromatic rings. The number of fused-ring (bicyclic) bond motifs is 2. The molecular weight excluding hydrogens is 274 g/mol. The van der Waals surface area contributed by atoms with Gasteiger partial charge in [0.2, 0.25) is 0 Å². The third-order valence-electron chi connectivity index (χ3n) is 3.91. The van der Waals surface area contributed by atoms with E-state index >= 15 is 0 Å². The van der Waals surface area contributed by atoms with E-state index in [1.165, 1.54) is 0 Å². The maximum absolute atomic E-state index is 4.67. The molecule has 0 bridgehead atoms. The maximum atomic E-state index is 4.67. The number of aromatic nitrogens is 5. The number of nitrogens with one attached hydrogen (secondary N) is 2.